The number of carbonyl (C=O) groups is 1. The summed E-state index contributed by atoms with van der Waals surface area (Å²) in [6.07, 6.45) is 1.72. The molecule has 0 bridgehead atoms. The smallest absolute Gasteiger partial charge is 0.239 e. The van der Waals surface area contributed by atoms with Gasteiger partial charge in [0, 0.05) is 25.6 Å². The van der Waals surface area contributed by atoms with E-state index in [2.05, 4.69) is 31.0 Å². The fourth-order valence-corrected chi connectivity index (χ4v) is 1.83. The van der Waals surface area contributed by atoms with Crippen molar-refractivity contribution in [3.8, 4) is 11.8 Å². The molecule has 0 aromatic heterocycles. The third kappa shape index (κ3) is 3.56. The van der Waals surface area contributed by atoms with Crippen molar-refractivity contribution in [2.24, 2.45) is 0 Å². The van der Waals surface area contributed by atoms with Gasteiger partial charge in [-0.05, 0) is 13.3 Å². The zero-order valence-corrected chi connectivity index (χ0v) is 9.84. The SMILES string of the molecule is CC#CCCN1CCC(NC(C)C)C1=O. The predicted molar refractivity (Wildman–Crippen MR) is 61.3 cm³/mol. The van der Waals surface area contributed by atoms with Gasteiger partial charge in [-0.2, -0.15) is 0 Å². The van der Waals surface area contributed by atoms with Crippen LogP contribution in [0.2, 0.25) is 0 Å². The molecule has 1 aliphatic rings. The average Bonchev–Trinajstić information content (AvgIpc) is 2.49. The first-order valence-corrected chi connectivity index (χ1v) is 5.59. The van der Waals surface area contributed by atoms with Crippen LogP contribution < -0.4 is 5.32 Å². The normalized spacial score (nSPS) is 20.7. The monoisotopic (exact) mass is 208 g/mol. The maximum atomic E-state index is 11.9. The van der Waals surface area contributed by atoms with Gasteiger partial charge in [-0.1, -0.05) is 13.8 Å². The Morgan fingerprint density at radius 2 is 2.33 bits per heavy atom. The Labute approximate surface area is 92.2 Å². The molecule has 1 saturated heterocycles. The van der Waals surface area contributed by atoms with Crippen molar-refractivity contribution in [3.05, 3.63) is 0 Å². The van der Waals surface area contributed by atoms with Gasteiger partial charge in [0.15, 0.2) is 0 Å². The van der Waals surface area contributed by atoms with Gasteiger partial charge in [0.05, 0.1) is 6.04 Å². The van der Waals surface area contributed by atoms with E-state index >= 15 is 0 Å². The van der Waals surface area contributed by atoms with Gasteiger partial charge < -0.3 is 10.2 Å². The van der Waals surface area contributed by atoms with Crippen molar-refractivity contribution >= 4 is 5.91 Å². The van der Waals surface area contributed by atoms with Crippen LogP contribution in [-0.4, -0.2) is 36.0 Å². The van der Waals surface area contributed by atoms with Crippen LogP contribution >= 0.6 is 0 Å². The van der Waals surface area contributed by atoms with E-state index in [1.165, 1.54) is 0 Å². The van der Waals surface area contributed by atoms with Crippen LogP contribution in [0, 0.1) is 11.8 Å². The molecule has 1 amide bonds. The summed E-state index contributed by atoms with van der Waals surface area (Å²) in [6, 6.07) is 0.397. The van der Waals surface area contributed by atoms with Crippen LogP contribution in [0.3, 0.4) is 0 Å². The number of hydrogen-bond donors (Lipinski definition) is 1. The van der Waals surface area contributed by atoms with Crippen molar-refractivity contribution in [3.63, 3.8) is 0 Å². The van der Waals surface area contributed by atoms with Gasteiger partial charge in [0.2, 0.25) is 5.91 Å². The van der Waals surface area contributed by atoms with Gasteiger partial charge in [0.1, 0.15) is 0 Å². The quantitative estimate of drug-likeness (QED) is 0.699. The van der Waals surface area contributed by atoms with Crippen LogP contribution in [0.25, 0.3) is 0 Å². The molecular formula is C12H20N2O. The van der Waals surface area contributed by atoms with Crippen molar-refractivity contribution in [2.75, 3.05) is 13.1 Å². The molecule has 0 aromatic rings. The Morgan fingerprint density at radius 1 is 1.60 bits per heavy atom. The number of likely N-dealkylation sites (tertiary alicyclic amines) is 1. The number of hydrogen-bond acceptors (Lipinski definition) is 2. The summed E-state index contributed by atoms with van der Waals surface area (Å²) in [4.78, 5) is 13.8. The standard InChI is InChI=1S/C12H20N2O/c1-4-5-6-8-14-9-7-11(12(14)15)13-10(2)3/h10-11,13H,6-9H2,1-3H3. The van der Waals surface area contributed by atoms with E-state index in [1.54, 1.807) is 0 Å². The van der Waals surface area contributed by atoms with Crippen LogP contribution in [0.4, 0.5) is 0 Å². The highest BCUT2D eigenvalue weighted by molar-refractivity contribution is 5.84. The van der Waals surface area contributed by atoms with Gasteiger partial charge in [-0.25, -0.2) is 0 Å². The van der Waals surface area contributed by atoms with E-state index in [1.807, 2.05) is 11.8 Å². The van der Waals surface area contributed by atoms with Crippen molar-refractivity contribution in [1.82, 2.24) is 10.2 Å². The van der Waals surface area contributed by atoms with Gasteiger partial charge >= 0.3 is 0 Å². The summed E-state index contributed by atoms with van der Waals surface area (Å²) < 4.78 is 0. The molecule has 0 saturated carbocycles. The van der Waals surface area contributed by atoms with E-state index in [0.29, 0.717) is 6.04 Å². The van der Waals surface area contributed by atoms with Gasteiger partial charge in [-0.15, -0.1) is 11.8 Å². The Morgan fingerprint density at radius 3 is 2.93 bits per heavy atom. The average molecular weight is 208 g/mol. The summed E-state index contributed by atoms with van der Waals surface area (Å²) in [5.41, 5.74) is 0. The Kier molecular flexibility index (Phi) is 4.64. The van der Waals surface area contributed by atoms with Gasteiger partial charge in [-0.3, -0.25) is 4.79 Å². The van der Waals surface area contributed by atoms with E-state index in [-0.39, 0.29) is 11.9 Å². The third-order valence-corrected chi connectivity index (χ3v) is 2.52. The molecule has 0 aromatic carbocycles. The lowest BCUT2D eigenvalue weighted by Gasteiger charge is -2.17. The van der Waals surface area contributed by atoms with Crippen LogP contribution in [-0.2, 0) is 4.79 Å². The molecule has 0 radical (unpaired) electrons. The highest BCUT2D eigenvalue weighted by Crippen LogP contribution is 2.11. The van der Waals surface area contributed by atoms with Gasteiger partial charge in [0.25, 0.3) is 0 Å². The second-order valence-electron chi connectivity index (χ2n) is 4.16. The minimum Gasteiger partial charge on any atom is -0.340 e. The summed E-state index contributed by atoms with van der Waals surface area (Å²) in [5, 5.41) is 3.28. The molecule has 84 valence electrons. The number of rotatable bonds is 4. The van der Waals surface area contributed by atoms with Crippen LogP contribution in [0.15, 0.2) is 0 Å². The van der Waals surface area contributed by atoms with Crippen molar-refractivity contribution in [1.29, 1.82) is 0 Å². The molecule has 15 heavy (non-hydrogen) atoms. The first-order valence-electron chi connectivity index (χ1n) is 5.59. The maximum Gasteiger partial charge on any atom is 0.239 e. The number of amides is 1. The fraction of sp³-hybridized carbons (Fsp3) is 0.750. The summed E-state index contributed by atoms with van der Waals surface area (Å²) >= 11 is 0. The summed E-state index contributed by atoms with van der Waals surface area (Å²) in [7, 11) is 0. The largest absolute Gasteiger partial charge is 0.340 e. The molecule has 1 fully saturated rings. The molecular weight excluding hydrogens is 188 g/mol. The molecule has 1 atom stereocenters. The molecule has 1 N–H and O–H groups in total. The molecule has 3 nitrogen and oxygen atoms in total. The highest BCUT2D eigenvalue weighted by atomic mass is 16.2. The minimum atomic E-state index is 0.0274. The Bertz CT molecular complexity index is 275. The zero-order valence-electron chi connectivity index (χ0n) is 9.84. The Balaban J connectivity index is 2.37. The van der Waals surface area contributed by atoms with Crippen LogP contribution in [0.1, 0.15) is 33.6 Å². The molecule has 0 spiro atoms. The van der Waals surface area contributed by atoms with E-state index in [4.69, 9.17) is 0 Å². The molecule has 0 aliphatic carbocycles. The number of nitrogens with one attached hydrogen (secondary N) is 1. The topological polar surface area (TPSA) is 32.3 Å². The molecule has 1 heterocycles. The van der Waals surface area contributed by atoms with E-state index < -0.39 is 0 Å². The maximum absolute atomic E-state index is 11.9. The summed E-state index contributed by atoms with van der Waals surface area (Å²) in [6.45, 7) is 7.61. The second kappa shape index (κ2) is 5.77. The van der Waals surface area contributed by atoms with E-state index in [9.17, 15) is 4.79 Å². The van der Waals surface area contributed by atoms with Crippen LogP contribution in [0.5, 0.6) is 0 Å². The third-order valence-electron chi connectivity index (χ3n) is 2.52. The van der Waals surface area contributed by atoms with Crippen molar-refractivity contribution in [2.45, 2.75) is 45.7 Å². The number of nitrogens with zero attached hydrogens (tertiary/aromatic N) is 1. The molecule has 1 rings (SSSR count). The fourth-order valence-electron chi connectivity index (χ4n) is 1.83. The highest BCUT2D eigenvalue weighted by Gasteiger charge is 2.30. The predicted octanol–water partition coefficient (Wildman–Crippen LogP) is 0.999. The second-order valence-corrected chi connectivity index (χ2v) is 4.16. The molecule has 1 aliphatic heterocycles. The Hall–Kier alpha value is -1.01. The first kappa shape index (κ1) is 12.1. The molecule has 1 unspecified atom stereocenters. The lowest BCUT2D eigenvalue weighted by atomic mass is 10.2. The first-order chi connectivity index (χ1) is 7.15. The lowest BCUT2D eigenvalue weighted by molar-refractivity contribution is -0.129. The summed E-state index contributed by atoms with van der Waals surface area (Å²) in [5.74, 6) is 6.07. The molecule has 3 heteroatoms. The van der Waals surface area contributed by atoms with Crippen molar-refractivity contribution < 1.29 is 4.79 Å². The number of carbonyl (C=O) groups excluding carboxylic acids is 1. The van der Waals surface area contributed by atoms with E-state index in [0.717, 1.165) is 25.9 Å². The zero-order chi connectivity index (χ0) is 11.3. The lowest BCUT2D eigenvalue weighted by Crippen LogP contribution is -2.41. The minimum absolute atomic E-state index is 0.0274.